The molecule has 1 atom stereocenters. The average Bonchev–Trinajstić information content (AvgIpc) is 3.14. The predicted octanol–water partition coefficient (Wildman–Crippen LogP) is 3.63. The van der Waals surface area contributed by atoms with E-state index < -0.39 is 23.3 Å². The summed E-state index contributed by atoms with van der Waals surface area (Å²) < 4.78 is 47.5. The van der Waals surface area contributed by atoms with Gasteiger partial charge in [-0.2, -0.15) is 18.3 Å². The first-order valence-electron chi connectivity index (χ1n) is 9.69. The minimum absolute atomic E-state index is 0.00448. The molecule has 164 valence electrons. The second kappa shape index (κ2) is 9.36. The highest BCUT2D eigenvalue weighted by Gasteiger charge is 2.40. The molecular formula is C20H24ClF3N4O2. The Morgan fingerprint density at radius 2 is 2.00 bits per heavy atom. The lowest BCUT2D eigenvalue weighted by Crippen LogP contribution is -2.51. The Hall–Kier alpha value is -2.10. The van der Waals surface area contributed by atoms with Crippen molar-refractivity contribution >= 4 is 17.5 Å². The maximum atomic E-state index is 13.8. The molecule has 6 nitrogen and oxygen atoms in total. The molecule has 1 saturated heterocycles. The van der Waals surface area contributed by atoms with Gasteiger partial charge >= 0.3 is 6.18 Å². The third kappa shape index (κ3) is 5.14. The van der Waals surface area contributed by atoms with Crippen LogP contribution in [0.15, 0.2) is 30.5 Å². The summed E-state index contributed by atoms with van der Waals surface area (Å²) in [7, 11) is 0. The molecule has 1 amide bonds. The van der Waals surface area contributed by atoms with Crippen LogP contribution in [0, 0.1) is 5.92 Å². The van der Waals surface area contributed by atoms with Crippen molar-refractivity contribution in [2.75, 3.05) is 32.8 Å². The second-order valence-corrected chi connectivity index (χ2v) is 7.90. The molecule has 1 aliphatic heterocycles. The van der Waals surface area contributed by atoms with Crippen LogP contribution in [0.4, 0.5) is 13.2 Å². The van der Waals surface area contributed by atoms with Gasteiger partial charge in [0, 0.05) is 30.7 Å². The van der Waals surface area contributed by atoms with Crippen LogP contribution in [0.3, 0.4) is 0 Å². The van der Waals surface area contributed by atoms with E-state index in [1.165, 1.54) is 18.2 Å². The molecule has 0 saturated carbocycles. The Labute approximate surface area is 177 Å². The summed E-state index contributed by atoms with van der Waals surface area (Å²) in [6.45, 7) is 6.91. The van der Waals surface area contributed by atoms with Crippen molar-refractivity contribution in [3.8, 4) is 5.69 Å². The van der Waals surface area contributed by atoms with E-state index in [-0.39, 0.29) is 29.2 Å². The molecule has 0 bridgehead atoms. The number of benzene rings is 1. The summed E-state index contributed by atoms with van der Waals surface area (Å²) >= 11 is 5.90. The molecule has 10 heteroatoms. The topological polar surface area (TPSA) is 59.4 Å². The third-order valence-electron chi connectivity index (χ3n) is 5.09. The van der Waals surface area contributed by atoms with Crippen molar-refractivity contribution in [1.82, 2.24) is 20.0 Å². The fourth-order valence-corrected chi connectivity index (χ4v) is 3.76. The highest BCUT2D eigenvalue weighted by molar-refractivity contribution is 6.30. The van der Waals surface area contributed by atoms with Crippen LogP contribution in [0.25, 0.3) is 5.69 Å². The van der Waals surface area contributed by atoms with Gasteiger partial charge in [0.1, 0.15) is 0 Å². The monoisotopic (exact) mass is 444 g/mol. The van der Waals surface area contributed by atoms with Crippen molar-refractivity contribution in [3.05, 3.63) is 46.7 Å². The zero-order valence-electron chi connectivity index (χ0n) is 16.7. The van der Waals surface area contributed by atoms with Crippen LogP contribution in [0.5, 0.6) is 0 Å². The summed E-state index contributed by atoms with van der Waals surface area (Å²) in [5.41, 5.74) is -1.52. The lowest BCUT2D eigenvalue weighted by Gasteiger charge is -2.36. The van der Waals surface area contributed by atoms with Gasteiger partial charge in [0.05, 0.1) is 30.7 Å². The summed E-state index contributed by atoms with van der Waals surface area (Å²) in [6.07, 6.45) is -3.83. The number of ether oxygens (including phenoxy) is 1. The van der Waals surface area contributed by atoms with Gasteiger partial charge in [0.2, 0.25) is 0 Å². The molecule has 2 heterocycles. The lowest BCUT2D eigenvalue weighted by atomic mass is 10.0. The molecule has 30 heavy (non-hydrogen) atoms. The van der Waals surface area contributed by atoms with Gasteiger partial charge in [0.25, 0.3) is 5.91 Å². The molecule has 1 unspecified atom stereocenters. The van der Waals surface area contributed by atoms with E-state index >= 15 is 0 Å². The van der Waals surface area contributed by atoms with E-state index in [1.807, 2.05) is 13.8 Å². The van der Waals surface area contributed by atoms with Crippen molar-refractivity contribution in [3.63, 3.8) is 0 Å². The Morgan fingerprint density at radius 3 is 2.60 bits per heavy atom. The third-order valence-corrected chi connectivity index (χ3v) is 5.33. The highest BCUT2D eigenvalue weighted by Crippen LogP contribution is 2.34. The number of carbonyl (C=O) groups is 1. The van der Waals surface area contributed by atoms with Crippen molar-refractivity contribution in [2.24, 2.45) is 5.92 Å². The van der Waals surface area contributed by atoms with E-state index in [1.54, 1.807) is 6.07 Å². The second-order valence-electron chi connectivity index (χ2n) is 7.47. The first-order valence-corrected chi connectivity index (χ1v) is 10.1. The van der Waals surface area contributed by atoms with Crippen LogP contribution in [-0.2, 0) is 10.9 Å². The molecule has 0 spiro atoms. The van der Waals surface area contributed by atoms with E-state index in [4.69, 9.17) is 16.3 Å². The number of alkyl halides is 3. The van der Waals surface area contributed by atoms with Crippen LogP contribution in [0.1, 0.15) is 29.9 Å². The molecular weight excluding hydrogens is 421 g/mol. The van der Waals surface area contributed by atoms with Gasteiger partial charge in [-0.1, -0.05) is 31.5 Å². The van der Waals surface area contributed by atoms with Crippen LogP contribution < -0.4 is 5.32 Å². The number of hydrogen-bond donors (Lipinski definition) is 1. The van der Waals surface area contributed by atoms with Crippen LogP contribution in [-0.4, -0.2) is 59.5 Å². The van der Waals surface area contributed by atoms with E-state index in [2.05, 4.69) is 15.3 Å². The highest BCUT2D eigenvalue weighted by atomic mass is 35.5. The minimum Gasteiger partial charge on any atom is -0.379 e. The number of halogens is 4. The Kier molecular flexibility index (Phi) is 7.05. The van der Waals surface area contributed by atoms with E-state index in [0.717, 1.165) is 19.3 Å². The normalized spacial score (nSPS) is 16.6. The van der Waals surface area contributed by atoms with Crippen molar-refractivity contribution in [2.45, 2.75) is 26.1 Å². The molecule has 1 aliphatic rings. The zero-order valence-corrected chi connectivity index (χ0v) is 17.5. The largest absolute Gasteiger partial charge is 0.434 e. The fourth-order valence-electron chi connectivity index (χ4n) is 3.58. The minimum atomic E-state index is -4.77. The number of nitrogens with one attached hydrogen (secondary N) is 1. The summed E-state index contributed by atoms with van der Waals surface area (Å²) in [4.78, 5) is 14.9. The zero-order chi connectivity index (χ0) is 21.9. The summed E-state index contributed by atoms with van der Waals surface area (Å²) in [6, 6.07) is 5.87. The number of carbonyl (C=O) groups excluding carboxylic acids is 1. The van der Waals surface area contributed by atoms with Gasteiger partial charge in [-0.15, -0.1) is 0 Å². The van der Waals surface area contributed by atoms with Crippen molar-refractivity contribution in [1.29, 1.82) is 0 Å². The number of rotatable bonds is 6. The molecule has 1 fully saturated rings. The fraction of sp³-hybridized carbons (Fsp3) is 0.500. The van der Waals surface area contributed by atoms with Gasteiger partial charge in [-0.05, 0) is 24.1 Å². The van der Waals surface area contributed by atoms with Gasteiger partial charge < -0.3 is 10.1 Å². The molecule has 0 radical (unpaired) electrons. The number of morpholine rings is 1. The van der Waals surface area contributed by atoms with Gasteiger partial charge in [0.15, 0.2) is 5.69 Å². The first kappa shape index (κ1) is 22.6. The number of aromatic nitrogens is 2. The van der Waals surface area contributed by atoms with Crippen LogP contribution >= 0.6 is 11.6 Å². The number of nitrogens with zero attached hydrogens (tertiary/aromatic N) is 3. The SMILES string of the molecule is CC(C)C(CNC(=O)c1cnn(-c2cccc(Cl)c2)c1C(F)(F)F)N1CCOCC1. The molecule has 2 aromatic rings. The molecule has 1 aromatic carbocycles. The maximum absolute atomic E-state index is 13.8. The van der Waals surface area contributed by atoms with Crippen LogP contribution in [0.2, 0.25) is 5.02 Å². The summed E-state index contributed by atoms with van der Waals surface area (Å²) in [5.74, 6) is -0.603. The quantitative estimate of drug-likeness (QED) is 0.739. The molecule has 3 rings (SSSR count). The summed E-state index contributed by atoms with van der Waals surface area (Å²) in [5, 5.41) is 6.75. The van der Waals surface area contributed by atoms with Crippen molar-refractivity contribution < 1.29 is 22.7 Å². The van der Waals surface area contributed by atoms with Gasteiger partial charge in [-0.25, -0.2) is 4.68 Å². The maximum Gasteiger partial charge on any atom is 0.434 e. The predicted molar refractivity (Wildman–Crippen MR) is 107 cm³/mol. The Bertz CT molecular complexity index is 879. The first-order chi connectivity index (χ1) is 14.2. The average molecular weight is 445 g/mol. The Balaban J connectivity index is 1.83. The van der Waals surface area contributed by atoms with Gasteiger partial charge in [-0.3, -0.25) is 9.69 Å². The lowest BCUT2D eigenvalue weighted by molar-refractivity contribution is -0.143. The van der Waals surface area contributed by atoms with E-state index in [0.29, 0.717) is 17.9 Å². The van der Waals surface area contributed by atoms with E-state index in [9.17, 15) is 18.0 Å². The standard InChI is InChI=1S/C20H24ClF3N4O2/c1-13(2)17(27-6-8-30-9-7-27)12-25-19(29)16-11-26-28(18(16)20(22,23)24)15-5-3-4-14(21)10-15/h3-5,10-11,13,17H,6-9,12H2,1-2H3,(H,25,29). The molecule has 0 aliphatic carbocycles. The molecule has 1 aromatic heterocycles. The number of amides is 1. The molecule has 1 N–H and O–H groups in total. The Morgan fingerprint density at radius 1 is 1.30 bits per heavy atom. The number of hydrogen-bond acceptors (Lipinski definition) is 4. The smallest absolute Gasteiger partial charge is 0.379 e.